The lowest BCUT2D eigenvalue weighted by molar-refractivity contribution is -0.153. The SMILES string of the molecule is CN(C)CCCOC(=O)/C=C/c1ccc(O)c2c1C[C@@H]1C[C@@H]3[C@@H](N(C)C)C(=O)C(C(N)=O)=C(O)[C@@]3(O)C(=O)C1=C2O. The van der Waals surface area contributed by atoms with Crippen LogP contribution in [0.5, 0.6) is 5.75 Å². The minimum atomic E-state index is -2.70. The highest BCUT2D eigenvalue weighted by molar-refractivity contribution is 6.24. The average Bonchev–Trinajstić information content (AvgIpc) is 2.87. The van der Waals surface area contributed by atoms with E-state index in [9.17, 15) is 39.6 Å². The first-order chi connectivity index (χ1) is 19.2. The zero-order chi connectivity index (χ0) is 30.4. The highest BCUT2D eigenvalue weighted by atomic mass is 16.5. The lowest BCUT2D eigenvalue weighted by atomic mass is 9.57. The lowest BCUT2D eigenvalue weighted by Gasteiger charge is -2.50. The van der Waals surface area contributed by atoms with Crippen molar-refractivity contribution in [2.75, 3.05) is 41.3 Å². The number of fused-ring (bicyclic) bond motifs is 3. The molecule has 0 unspecified atom stereocenters. The summed E-state index contributed by atoms with van der Waals surface area (Å²) in [6, 6.07) is 1.69. The highest BCUT2D eigenvalue weighted by Gasteiger charge is 2.64. The Balaban J connectivity index is 1.75. The van der Waals surface area contributed by atoms with Gasteiger partial charge >= 0.3 is 5.97 Å². The molecule has 1 aromatic rings. The fourth-order valence-corrected chi connectivity index (χ4v) is 6.18. The topological polar surface area (TPSA) is 191 Å². The second-order valence-electron chi connectivity index (χ2n) is 11.1. The van der Waals surface area contributed by atoms with Gasteiger partial charge in [0.1, 0.15) is 22.8 Å². The molecule has 12 nitrogen and oxygen atoms in total. The predicted molar refractivity (Wildman–Crippen MR) is 147 cm³/mol. The molecule has 6 N–H and O–H groups in total. The minimum Gasteiger partial charge on any atom is -0.508 e. The Bertz CT molecular complexity index is 1410. The number of ketones is 2. The molecule has 0 heterocycles. The van der Waals surface area contributed by atoms with Crippen molar-refractivity contribution in [1.82, 2.24) is 9.80 Å². The number of benzene rings is 1. The third-order valence-corrected chi connectivity index (χ3v) is 8.03. The van der Waals surface area contributed by atoms with E-state index < -0.39 is 64.0 Å². The van der Waals surface area contributed by atoms with Crippen molar-refractivity contribution in [1.29, 1.82) is 0 Å². The molecule has 0 saturated heterocycles. The quantitative estimate of drug-likeness (QED) is 0.127. The van der Waals surface area contributed by atoms with E-state index in [-0.39, 0.29) is 36.3 Å². The number of nitrogens with zero attached hydrogens (tertiary/aromatic N) is 2. The molecule has 41 heavy (non-hydrogen) atoms. The van der Waals surface area contributed by atoms with Crippen LogP contribution < -0.4 is 5.73 Å². The maximum Gasteiger partial charge on any atom is 0.330 e. The van der Waals surface area contributed by atoms with E-state index >= 15 is 0 Å². The Kier molecular flexibility index (Phi) is 8.12. The molecule has 220 valence electrons. The molecule has 0 bridgehead atoms. The molecule has 4 rings (SSSR count). The van der Waals surface area contributed by atoms with Gasteiger partial charge in [-0.2, -0.15) is 0 Å². The molecule has 3 aliphatic carbocycles. The summed E-state index contributed by atoms with van der Waals surface area (Å²) < 4.78 is 5.22. The van der Waals surface area contributed by atoms with Crippen molar-refractivity contribution in [3.05, 3.63) is 51.8 Å². The number of primary amides is 1. The largest absolute Gasteiger partial charge is 0.508 e. The molecule has 1 fully saturated rings. The first-order valence-electron chi connectivity index (χ1n) is 13.2. The first kappa shape index (κ1) is 30.0. The summed E-state index contributed by atoms with van der Waals surface area (Å²) in [6.45, 7) is 0.991. The summed E-state index contributed by atoms with van der Waals surface area (Å²) >= 11 is 0. The van der Waals surface area contributed by atoms with Gasteiger partial charge in [0.05, 0.1) is 18.2 Å². The van der Waals surface area contributed by atoms with Crippen molar-refractivity contribution in [3.8, 4) is 5.75 Å². The normalized spacial score (nSPS) is 26.0. The number of aliphatic hydroxyl groups is 3. The first-order valence-corrected chi connectivity index (χ1v) is 13.2. The van der Waals surface area contributed by atoms with Crippen LogP contribution in [0.4, 0.5) is 0 Å². The van der Waals surface area contributed by atoms with Crippen LogP contribution >= 0.6 is 0 Å². The fraction of sp³-hybridized carbons (Fsp3) is 0.448. The van der Waals surface area contributed by atoms with E-state index in [1.54, 1.807) is 6.07 Å². The van der Waals surface area contributed by atoms with E-state index in [1.165, 1.54) is 37.2 Å². The molecule has 3 aliphatic rings. The molecule has 1 aromatic carbocycles. The minimum absolute atomic E-state index is 0.0293. The Hall–Kier alpha value is -4.00. The van der Waals surface area contributed by atoms with Crippen LogP contribution in [0.25, 0.3) is 11.8 Å². The van der Waals surface area contributed by atoms with Gasteiger partial charge in [-0.15, -0.1) is 0 Å². The summed E-state index contributed by atoms with van der Waals surface area (Å²) in [6.07, 6.45) is 3.47. The number of phenolic OH excluding ortho intramolecular Hbond substituents is 1. The summed E-state index contributed by atoms with van der Waals surface area (Å²) in [4.78, 5) is 54.8. The van der Waals surface area contributed by atoms with E-state index in [0.717, 1.165) is 6.54 Å². The van der Waals surface area contributed by atoms with Crippen LogP contribution in [0.15, 0.2) is 35.1 Å². The number of rotatable bonds is 8. The van der Waals surface area contributed by atoms with Gasteiger partial charge in [0.2, 0.25) is 5.78 Å². The molecule has 12 heteroatoms. The van der Waals surface area contributed by atoms with Gasteiger partial charge in [-0.25, -0.2) is 4.79 Å². The third kappa shape index (κ3) is 5.03. The number of aliphatic hydroxyl groups excluding tert-OH is 2. The Morgan fingerprint density at radius 3 is 2.44 bits per heavy atom. The molecule has 1 amide bonds. The highest BCUT2D eigenvalue weighted by Crippen LogP contribution is 2.53. The van der Waals surface area contributed by atoms with Crippen LogP contribution in [0.2, 0.25) is 0 Å². The Morgan fingerprint density at radius 2 is 1.83 bits per heavy atom. The molecule has 0 aromatic heterocycles. The lowest BCUT2D eigenvalue weighted by Crippen LogP contribution is -2.65. The van der Waals surface area contributed by atoms with E-state index in [0.29, 0.717) is 17.5 Å². The Morgan fingerprint density at radius 1 is 1.15 bits per heavy atom. The van der Waals surface area contributed by atoms with E-state index in [1.807, 2.05) is 19.0 Å². The second kappa shape index (κ2) is 11.1. The van der Waals surface area contributed by atoms with Crippen LogP contribution in [-0.2, 0) is 30.3 Å². The summed E-state index contributed by atoms with van der Waals surface area (Å²) in [7, 11) is 6.90. The van der Waals surface area contributed by atoms with E-state index in [4.69, 9.17) is 10.5 Å². The summed E-state index contributed by atoms with van der Waals surface area (Å²) in [5, 5.41) is 44.5. The zero-order valence-electron chi connectivity index (χ0n) is 23.4. The van der Waals surface area contributed by atoms with Gasteiger partial charge in [-0.1, -0.05) is 6.07 Å². The number of aromatic hydroxyl groups is 1. The van der Waals surface area contributed by atoms with Gasteiger partial charge in [-0.3, -0.25) is 19.3 Å². The maximum absolute atomic E-state index is 13.9. The number of ether oxygens (including phenoxy) is 1. The van der Waals surface area contributed by atoms with Crippen LogP contribution in [0, 0.1) is 11.8 Å². The molecule has 1 saturated carbocycles. The molecular weight excluding hydrogens is 534 g/mol. The van der Waals surface area contributed by atoms with Crippen molar-refractivity contribution in [2.45, 2.75) is 30.9 Å². The van der Waals surface area contributed by atoms with E-state index in [2.05, 4.69) is 0 Å². The molecule has 4 atom stereocenters. The zero-order valence-corrected chi connectivity index (χ0v) is 23.4. The van der Waals surface area contributed by atoms with Gasteiger partial charge in [0.15, 0.2) is 11.4 Å². The average molecular weight is 570 g/mol. The number of esters is 1. The number of hydrogen-bond acceptors (Lipinski definition) is 11. The smallest absolute Gasteiger partial charge is 0.330 e. The Labute approximate surface area is 237 Å². The fourth-order valence-electron chi connectivity index (χ4n) is 6.18. The number of phenols is 1. The van der Waals surface area contributed by atoms with Gasteiger partial charge in [0, 0.05) is 24.1 Å². The number of carbonyl (C=O) groups excluding carboxylic acids is 4. The summed E-state index contributed by atoms with van der Waals surface area (Å²) in [5.74, 6) is -7.73. The van der Waals surface area contributed by atoms with Crippen molar-refractivity contribution in [3.63, 3.8) is 0 Å². The van der Waals surface area contributed by atoms with Gasteiger partial charge in [0.25, 0.3) is 5.91 Å². The number of nitrogens with two attached hydrogens (primary N) is 1. The standard InChI is InChI=1S/C29H35N3O9/c1-31(2)10-5-11-41-19(34)9-7-14-6-8-18(33)21-16(14)12-15-13-17-23(32(3)4)25(36)22(28(30)39)27(38)29(17,40)26(37)20(15)24(21)35/h6-9,15,17,23,33,35,38,40H,5,10-13H2,1-4H3,(H2,30,39)/b9-7+/t15-,17-,23-,29+/m1/s1. The van der Waals surface area contributed by atoms with Crippen molar-refractivity contribution < 1.29 is 44.3 Å². The summed E-state index contributed by atoms with van der Waals surface area (Å²) in [5.41, 5.74) is 2.42. The van der Waals surface area contributed by atoms with Gasteiger partial charge in [-0.05, 0) is 76.6 Å². The number of carbonyl (C=O) groups is 4. The number of Topliss-reactive ketones (excluding diaryl/α,β-unsaturated/α-hetero) is 2. The predicted octanol–water partition coefficient (Wildman–Crippen LogP) is 0.472. The monoisotopic (exact) mass is 569 g/mol. The molecule has 0 radical (unpaired) electrons. The van der Waals surface area contributed by atoms with Crippen LogP contribution in [0.3, 0.4) is 0 Å². The molecule has 0 aliphatic heterocycles. The molecule has 0 spiro atoms. The third-order valence-electron chi connectivity index (χ3n) is 8.03. The van der Waals surface area contributed by atoms with Crippen LogP contribution in [-0.4, -0.2) is 107 Å². The molecular formula is C29H35N3O9. The van der Waals surface area contributed by atoms with Crippen molar-refractivity contribution >= 4 is 35.3 Å². The van der Waals surface area contributed by atoms with Crippen LogP contribution in [0.1, 0.15) is 29.5 Å². The number of likely N-dealkylation sites (N-methyl/N-ethyl adjacent to an activating group) is 1. The van der Waals surface area contributed by atoms with Gasteiger partial charge < -0.3 is 35.8 Å². The van der Waals surface area contributed by atoms with Crippen molar-refractivity contribution in [2.24, 2.45) is 17.6 Å². The number of hydrogen-bond donors (Lipinski definition) is 5. The second-order valence-corrected chi connectivity index (χ2v) is 11.1. The maximum atomic E-state index is 13.9. The number of amides is 1.